The summed E-state index contributed by atoms with van der Waals surface area (Å²) in [6, 6.07) is 0.979. The predicted molar refractivity (Wildman–Crippen MR) is 62.6 cm³/mol. The summed E-state index contributed by atoms with van der Waals surface area (Å²) in [7, 11) is 0. The molecule has 86 valence electrons. The van der Waals surface area contributed by atoms with Gasteiger partial charge >= 0.3 is 0 Å². The van der Waals surface area contributed by atoms with Crippen LogP contribution in [0, 0.1) is 17.8 Å². The Morgan fingerprint density at radius 1 is 1.00 bits per heavy atom. The summed E-state index contributed by atoms with van der Waals surface area (Å²) in [5, 5.41) is 0. The summed E-state index contributed by atoms with van der Waals surface area (Å²) in [4.78, 5) is 2.79. The Kier molecular flexibility index (Phi) is 2.73. The Bertz CT molecular complexity index is 211. The second kappa shape index (κ2) is 4.06. The van der Waals surface area contributed by atoms with Gasteiger partial charge in [0.25, 0.3) is 0 Å². The molecule has 3 rings (SSSR count). The summed E-state index contributed by atoms with van der Waals surface area (Å²) < 4.78 is 0. The minimum Gasteiger partial charge on any atom is -0.330 e. The van der Waals surface area contributed by atoms with Crippen LogP contribution < -0.4 is 5.73 Å². The standard InChI is InChI=1S/C13H24N2/c14-7-6-13-10-2-1-3-11(13)9-15(8-10)12-4-5-12/h10-13H,1-9,14H2. The molecule has 1 saturated heterocycles. The van der Waals surface area contributed by atoms with Crippen molar-refractivity contribution in [1.29, 1.82) is 0 Å². The molecule has 0 aromatic carbocycles. The minimum absolute atomic E-state index is 0.904. The average Bonchev–Trinajstić information content (AvgIpc) is 3.01. The highest BCUT2D eigenvalue weighted by atomic mass is 15.2. The van der Waals surface area contributed by atoms with Crippen molar-refractivity contribution in [2.24, 2.45) is 23.5 Å². The molecule has 3 fully saturated rings. The topological polar surface area (TPSA) is 29.3 Å². The van der Waals surface area contributed by atoms with Crippen LogP contribution in [0.4, 0.5) is 0 Å². The molecule has 0 amide bonds. The van der Waals surface area contributed by atoms with E-state index in [0.29, 0.717) is 0 Å². The molecular weight excluding hydrogens is 184 g/mol. The highest BCUT2D eigenvalue weighted by molar-refractivity contribution is 4.95. The van der Waals surface area contributed by atoms with Crippen LogP contribution in [0.3, 0.4) is 0 Å². The van der Waals surface area contributed by atoms with E-state index in [9.17, 15) is 0 Å². The fraction of sp³-hybridized carbons (Fsp3) is 1.00. The summed E-state index contributed by atoms with van der Waals surface area (Å²) in [5.41, 5.74) is 5.76. The zero-order chi connectivity index (χ0) is 10.3. The zero-order valence-electron chi connectivity index (χ0n) is 9.70. The summed E-state index contributed by atoms with van der Waals surface area (Å²) >= 11 is 0. The number of hydrogen-bond acceptors (Lipinski definition) is 2. The number of hydrogen-bond donors (Lipinski definition) is 1. The molecule has 3 aliphatic rings. The van der Waals surface area contributed by atoms with E-state index in [1.807, 2.05) is 0 Å². The van der Waals surface area contributed by atoms with E-state index in [1.165, 1.54) is 51.6 Å². The molecule has 2 nitrogen and oxygen atoms in total. The molecular formula is C13H24N2. The maximum atomic E-state index is 5.76. The van der Waals surface area contributed by atoms with Gasteiger partial charge in [0.05, 0.1) is 0 Å². The molecule has 2 unspecified atom stereocenters. The largest absolute Gasteiger partial charge is 0.330 e. The van der Waals surface area contributed by atoms with Crippen molar-refractivity contribution < 1.29 is 0 Å². The van der Waals surface area contributed by atoms with Gasteiger partial charge in [-0.2, -0.15) is 0 Å². The molecule has 2 N–H and O–H groups in total. The fourth-order valence-corrected chi connectivity index (χ4v) is 3.99. The Morgan fingerprint density at radius 3 is 2.20 bits per heavy atom. The zero-order valence-corrected chi connectivity index (χ0v) is 9.70. The lowest BCUT2D eigenvalue weighted by Crippen LogP contribution is -2.49. The number of piperidine rings is 1. The van der Waals surface area contributed by atoms with Crippen molar-refractivity contribution in [3.8, 4) is 0 Å². The molecule has 0 aromatic rings. The Hall–Kier alpha value is -0.0800. The van der Waals surface area contributed by atoms with E-state index < -0.39 is 0 Å². The number of nitrogens with zero attached hydrogens (tertiary/aromatic N) is 1. The monoisotopic (exact) mass is 208 g/mol. The van der Waals surface area contributed by atoms with Gasteiger partial charge < -0.3 is 5.73 Å². The van der Waals surface area contributed by atoms with Gasteiger partial charge in [-0.25, -0.2) is 0 Å². The first kappa shape index (κ1) is 10.1. The molecule has 2 atom stereocenters. The lowest BCUT2D eigenvalue weighted by molar-refractivity contribution is 0.0157. The fourth-order valence-electron chi connectivity index (χ4n) is 3.99. The van der Waals surface area contributed by atoms with Crippen molar-refractivity contribution >= 4 is 0 Å². The van der Waals surface area contributed by atoms with Gasteiger partial charge in [0, 0.05) is 19.1 Å². The third kappa shape index (κ3) is 1.94. The summed E-state index contributed by atoms with van der Waals surface area (Å²) in [6.45, 7) is 3.69. The van der Waals surface area contributed by atoms with Crippen molar-refractivity contribution in [1.82, 2.24) is 4.90 Å². The highest BCUT2D eigenvalue weighted by Gasteiger charge is 2.42. The van der Waals surface area contributed by atoms with E-state index in [-0.39, 0.29) is 0 Å². The van der Waals surface area contributed by atoms with E-state index >= 15 is 0 Å². The molecule has 0 radical (unpaired) electrons. The first-order valence-electron chi connectivity index (χ1n) is 6.82. The molecule has 0 aromatic heterocycles. The van der Waals surface area contributed by atoms with Gasteiger partial charge in [0.1, 0.15) is 0 Å². The average molecular weight is 208 g/mol. The molecule has 2 aliphatic carbocycles. The second-order valence-corrected chi connectivity index (χ2v) is 5.88. The molecule has 2 bridgehead atoms. The second-order valence-electron chi connectivity index (χ2n) is 5.88. The predicted octanol–water partition coefficient (Wildman–Crippen LogP) is 1.85. The number of fused-ring (bicyclic) bond motifs is 2. The first-order valence-corrected chi connectivity index (χ1v) is 6.82. The van der Waals surface area contributed by atoms with Gasteiger partial charge in [0.2, 0.25) is 0 Å². The van der Waals surface area contributed by atoms with E-state index in [1.54, 1.807) is 0 Å². The van der Waals surface area contributed by atoms with Crippen LogP contribution in [-0.2, 0) is 0 Å². The van der Waals surface area contributed by atoms with Crippen LogP contribution in [0.15, 0.2) is 0 Å². The Morgan fingerprint density at radius 2 is 1.67 bits per heavy atom. The lowest BCUT2D eigenvalue weighted by Gasteiger charge is -2.47. The smallest absolute Gasteiger partial charge is 0.00966 e. The van der Waals surface area contributed by atoms with Crippen molar-refractivity contribution in [2.45, 2.75) is 44.6 Å². The minimum atomic E-state index is 0.904. The quantitative estimate of drug-likeness (QED) is 0.767. The van der Waals surface area contributed by atoms with Crippen LogP contribution in [-0.4, -0.2) is 30.6 Å². The van der Waals surface area contributed by atoms with E-state index in [0.717, 1.165) is 30.3 Å². The SMILES string of the molecule is NCCC1C2CCCC1CN(C1CC1)C2. The third-order valence-corrected chi connectivity index (χ3v) is 4.86. The normalized spacial score (nSPS) is 41.8. The van der Waals surface area contributed by atoms with Gasteiger partial charge in [-0.15, -0.1) is 0 Å². The highest BCUT2D eigenvalue weighted by Crippen LogP contribution is 2.44. The van der Waals surface area contributed by atoms with Gasteiger partial charge in [-0.05, 0) is 56.4 Å². The summed E-state index contributed by atoms with van der Waals surface area (Å²) in [6.07, 6.45) is 8.67. The van der Waals surface area contributed by atoms with Gasteiger partial charge in [-0.1, -0.05) is 6.42 Å². The molecule has 0 spiro atoms. The van der Waals surface area contributed by atoms with E-state index in [4.69, 9.17) is 5.73 Å². The van der Waals surface area contributed by atoms with Crippen LogP contribution in [0.25, 0.3) is 0 Å². The van der Waals surface area contributed by atoms with Gasteiger partial charge in [-0.3, -0.25) is 4.90 Å². The van der Waals surface area contributed by atoms with Crippen LogP contribution in [0.2, 0.25) is 0 Å². The number of rotatable bonds is 3. The van der Waals surface area contributed by atoms with Crippen LogP contribution in [0.5, 0.6) is 0 Å². The molecule has 15 heavy (non-hydrogen) atoms. The Labute approximate surface area is 93.2 Å². The molecule has 2 saturated carbocycles. The molecule has 1 aliphatic heterocycles. The first-order chi connectivity index (χ1) is 7.38. The maximum absolute atomic E-state index is 5.76. The summed E-state index contributed by atoms with van der Waals surface area (Å²) in [5.74, 6) is 2.95. The van der Waals surface area contributed by atoms with Gasteiger partial charge in [0.15, 0.2) is 0 Å². The van der Waals surface area contributed by atoms with Crippen molar-refractivity contribution in [3.63, 3.8) is 0 Å². The number of nitrogens with two attached hydrogens (primary N) is 1. The van der Waals surface area contributed by atoms with Crippen molar-refractivity contribution in [2.75, 3.05) is 19.6 Å². The Balaban J connectivity index is 1.68. The van der Waals surface area contributed by atoms with Crippen LogP contribution in [0.1, 0.15) is 38.5 Å². The lowest BCUT2D eigenvalue weighted by atomic mass is 9.67. The molecule has 2 heteroatoms. The number of likely N-dealkylation sites (tertiary alicyclic amines) is 1. The third-order valence-electron chi connectivity index (χ3n) is 4.86. The van der Waals surface area contributed by atoms with Crippen molar-refractivity contribution in [3.05, 3.63) is 0 Å². The maximum Gasteiger partial charge on any atom is 0.00966 e. The van der Waals surface area contributed by atoms with E-state index in [2.05, 4.69) is 4.90 Å². The van der Waals surface area contributed by atoms with Crippen LogP contribution >= 0.6 is 0 Å². The molecule has 1 heterocycles.